The van der Waals surface area contributed by atoms with Crippen LogP contribution in [0.15, 0.2) is 18.2 Å². The van der Waals surface area contributed by atoms with E-state index in [2.05, 4.69) is 5.32 Å². The molecule has 1 aromatic carbocycles. The zero-order valence-electron chi connectivity index (χ0n) is 8.26. The number of carbonyl (C=O) groups is 1. The Morgan fingerprint density at radius 1 is 1.67 bits per heavy atom. The number of nitrogens with one attached hydrogen (secondary N) is 1. The molecule has 0 aliphatic carbocycles. The van der Waals surface area contributed by atoms with Crippen molar-refractivity contribution in [3.63, 3.8) is 0 Å². The van der Waals surface area contributed by atoms with Gasteiger partial charge in [-0.25, -0.2) is 4.39 Å². The Kier molecular flexibility index (Phi) is 4.05. The summed E-state index contributed by atoms with van der Waals surface area (Å²) in [6, 6.07) is 3.79. The Morgan fingerprint density at radius 2 is 2.33 bits per heavy atom. The molecule has 1 unspecified atom stereocenters. The van der Waals surface area contributed by atoms with E-state index >= 15 is 0 Å². The summed E-state index contributed by atoms with van der Waals surface area (Å²) in [6.45, 7) is 1.92. The Labute approximate surface area is 92.4 Å². The van der Waals surface area contributed by atoms with Crippen molar-refractivity contribution in [2.75, 3.05) is 11.9 Å². The highest BCUT2D eigenvalue weighted by molar-refractivity contribution is 6.33. The number of amides is 1. The molecule has 1 amide bonds. The summed E-state index contributed by atoms with van der Waals surface area (Å²) in [5, 5.41) is 2.81. The zero-order valence-corrected chi connectivity index (χ0v) is 9.01. The summed E-state index contributed by atoms with van der Waals surface area (Å²) in [5.74, 6) is -1.05. The highest BCUT2D eigenvalue weighted by Gasteiger charge is 2.12. The highest BCUT2D eigenvalue weighted by Crippen LogP contribution is 2.22. The lowest BCUT2D eigenvalue weighted by molar-refractivity contribution is -0.119. The van der Waals surface area contributed by atoms with Gasteiger partial charge >= 0.3 is 0 Å². The van der Waals surface area contributed by atoms with Crippen LogP contribution in [0.4, 0.5) is 10.1 Å². The molecule has 0 aromatic heterocycles. The SMILES string of the molecule is CC(CN)C(=O)Nc1cc(F)ccc1Cl. The van der Waals surface area contributed by atoms with Gasteiger partial charge in [0.05, 0.1) is 10.7 Å². The molecule has 15 heavy (non-hydrogen) atoms. The number of anilines is 1. The third-order valence-corrected chi connectivity index (χ3v) is 2.32. The van der Waals surface area contributed by atoms with Crippen LogP contribution in [0.5, 0.6) is 0 Å². The minimum absolute atomic E-state index is 0.235. The minimum Gasteiger partial charge on any atom is -0.330 e. The van der Waals surface area contributed by atoms with Crippen molar-refractivity contribution in [3.05, 3.63) is 29.0 Å². The number of hydrogen-bond donors (Lipinski definition) is 2. The largest absolute Gasteiger partial charge is 0.330 e. The van der Waals surface area contributed by atoms with Gasteiger partial charge in [0.2, 0.25) is 5.91 Å². The molecule has 1 rings (SSSR count). The average Bonchev–Trinajstić information content (AvgIpc) is 2.22. The summed E-state index contributed by atoms with van der Waals surface area (Å²) >= 11 is 5.78. The number of benzene rings is 1. The lowest BCUT2D eigenvalue weighted by Gasteiger charge is -2.10. The molecule has 0 bridgehead atoms. The van der Waals surface area contributed by atoms with E-state index in [9.17, 15) is 9.18 Å². The highest BCUT2D eigenvalue weighted by atomic mass is 35.5. The molecule has 82 valence electrons. The molecular weight excluding hydrogens is 219 g/mol. The van der Waals surface area contributed by atoms with Crippen LogP contribution < -0.4 is 11.1 Å². The van der Waals surface area contributed by atoms with E-state index in [1.165, 1.54) is 18.2 Å². The second-order valence-corrected chi connectivity index (χ2v) is 3.66. The molecule has 0 heterocycles. The lowest BCUT2D eigenvalue weighted by atomic mass is 10.1. The Bertz CT molecular complexity index is 370. The van der Waals surface area contributed by atoms with Crippen LogP contribution in [0.25, 0.3) is 0 Å². The van der Waals surface area contributed by atoms with E-state index in [4.69, 9.17) is 17.3 Å². The van der Waals surface area contributed by atoms with Crippen molar-refractivity contribution in [2.24, 2.45) is 11.7 Å². The van der Waals surface area contributed by atoms with Gasteiger partial charge in [0.15, 0.2) is 0 Å². The van der Waals surface area contributed by atoms with Gasteiger partial charge in [-0.05, 0) is 18.2 Å². The van der Waals surface area contributed by atoms with Crippen molar-refractivity contribution in [1.82, 2.24) is 0 Å². The summed E-state index contributed by atoms with van der Waals surface area (Å²) in [7, 11) is 0. The fourth-order valence-corrected chi connectivity index (χ4v) is 1.12. The first-order valence-corrected chi connectivity index (χ1v) is 4.88. The van der Waals surface area contributed by atoms with E-state index < -0.39 is 5.82 Å². The molecular formula is C10H12ClFN2O. The van der Waals surface area contributed by atoms with Crippen molar-refractivity contribution in [3.8, 4) is 0 Å². The molecule has 0 radical (unpaired) electrons. The van der Waals surface area contributed by atoms with Gasteiger partial charge in [-0.2, -0.15) is 0 Å². The topological polar surface area (TPSA) is 55.1 Å². The molecule has 0 aliphatic heterocycles. The number of hydrogen-bond acceptors (Lipinski definition) is 2. The molecule has 1 aromatic rings. The zero-order chi connectivity index (χ0) is 11.4. The van der Waals surface area contributed by atoms with Crippen molar-refractivity contribution < 1.29 is 9.18 Å². The van der Waals surface area contributed by atoms with Gasteiger partial charge in [-0.1, -0.05) is 18.5 Å². The molecule has 0 saturated carbocycles. The predicted octanol–water partition coefficient (Wildman–Crippen LogP) is 2.01. The monoisotopic (exact) mass is 230 g/mol. The van der Waals surface area contributed by atoms with Crippen LogP contribution in [0, 0.1) is 11.7 Å². The second-order valence-electron chi connectivity index (χ2n) is 3.25. The summed E-state index contributed by atoms with van der Waals surface area (Å²) in [4.78, 5) is 11.4. The van der Waals surface area contributed by atoms with Crippen LogP contribution in [-0.2, 0) is 4.79 Å². The maximum absolute atomic E-state index is 12.8. The minimum atomic E-state index is -0.449. The van der Waals surface area contributed by atoms with Crippen molar-refractivity contribution in [1.29, 1.82) is 0 Å². The molecule has 5 heteroatoms. The van der Waals surface area contributed by atoms with Crippen LogP contribution in [0.1, 0.15) is 6.92 Å². The third kappa shape index (κ3) is 3.18. The van der Waals surface area contributed by atoms with E-state index in [1.54, 1.807) is 6.92 Å². The van der Waals surface area contributed by atoms with Crippen LogP contribution in [0.3, 0.4) is 0 Å². The standard InChI is InChI=1S/C10H12ClFN2O/c1-6(5-13)10(15)14-9-4-7(12)2-3-8(9)11/h2-4,6H,5,13H2,1H3,(H,14,15). The average molecular weight is 231 g/mol. The molecule has 0 spiro atoms. The van der Waals surface area contributed by atoms with Crippen LogP contribution in [-0.4, -0.2) is 12.5 Å². The first-order chi connectivity index (χ1) is 7.04. The summed E-state index contributed by atoms with van der Waals surface area (Å²) < 4.78 is 12.8. The second kappa shape index (κ2) is 5.09. The Morgan fingerprint density at radius 3 is 2.93 bits per heavy atom. The molecule has 0 saturated heterocycles. The quantitative estimate of drug-likeness (QED) is 0.835. The van der Waals surface area contributed by atoms with Gasteiger partial charge in [-0.3, -0.25) is 4.79 Å². The van der Waals surface area contributed by atoms with E-state index in [1.807, 2.05) is 0 Å². The summed E-state index contributed by atoms with van der Waals surface area (Å²) in [5.41, 5.74) is 5.59. The van der Waals surface area contributed by atoms with Crippen LogP contribution in [0.2, 0.25) is 5.02 Å². The van der Waals surface area contributed by atoms with E-state index in [0.29, 0.717) is 5.02 Å². The molecule has 0 aliphatic rings. The number of carbonyl (C=O) groups excluding carboxylic acids is 1. The normalized spacial score (nSPS) is 12.3. The van der Waals surface area contributed by atoms with E-state index in [0.717, 1.165) is 0 Å². The molecule has 3 nitrogen and oxygen atoms in total. The first-order valence-electron chi connectivity index (χ1n) is 4.50. The van der Waals surface area contributed by atoms with Gasteiger partial charge < -0.3 is 11.1 Å². The van der Waals surface area contributed by atoms with Gasteiger partial charge in [-0.15, -0.1) is 0 Å². The molecule has 0 fully saturated rings. The number of halogens is 2. The predicted molar refractivity (Wildman–Crippen MR) is 58.3 cm³/mol. The van der Waals surface area contributed by atoms with Crippen molar-refractivity contribution >= 4 is 23.2 Å². The summed E-state index contributed by atoms with van der Waals surface area (Å²) in [6.07, 6.45) is 0. The Balaban J connectivity index is 2.80. The maximum atomic E-state index is 12.8. The smallest absolute Gasteiger partial charge is 0.228 e. The maximum Gasteiger partial charge on any atom is 0.228 e. The Hall–Kier alpha value is -1.13. The van der Waals surface area contributed by atoms with Gasteiger partial charge in [0.1, 0.15) is 5.82 Å². The lowest BCUT2D eigenvalue weighted by Crippen LogP contribution is -2.26. The number of nitrogens with two attached hydrogens (primary N) is 1. The number of rotatable bonds is 3. The van der Waals surface area contributed by atoms with Crippen LogP contribution >= 0.6 is 11.6 Å². The third-order valence-electron chi connectivity index (χ3n) is 1.99. The first kappa shape index (κ1) is 11.9. The fourth-order valence-electron chi connectivity index (χ4n) is 0.956. The van der Waals surface area contributed by atoms with Gasteiger partial charge in [0, 0.05) is 12.5 Å². The fraction of sp³-hybridized carbons (Fsp3) is 0.300. The van der Waals surface area contributed by atoms with E-state index in [-0.39, 0.29) is 24.1 Å². The molecule has 3 N–H and O–H groups in total. The van der Waals surface area contributed by atoms with Crippen molar-refractivity contribution in [2.45, 2.75) is 6.92 Å². The molecule has 1 atom stereocenters. The van der Waals surface area contributed by atoms with Gasteiger partial charge in [0.25, 0.3) is 0 Å².